The molecule has 1 heterocycles. The van der Waals surface area contributed by atoms with Crippen LogP contribution in [-0.2, 0) is 13.0 Å². The molecule has 0 spiro atoms. The molecular weight excluding hydrogens is 248 g/mol. The molecule has 1 N–H and O–H groups in total. The Bertz CT molecular complexity index is 535. The number of rotatable bonds is 6. The summed E-state index contributed by atoms with van der Waals surface area (Å²) in [5.74, 6) is 1.72. The van der Waals surface area contributed by atoms with Crippen molar-refractivity contribution < 1.29 is 4.74 Å². The van der Waals surface area contributed by atoms with Crippen molar-refractivity contribution in [2.24, 2.45) is 0 Å². The molecule has 106 valence electrons. The fourth-order valence-corrected chi connectivity index (χ4v) is 1.88. The highest BCUT2D eigenvalue weighted by atomic mass is 16.5. The normalized spacial score (nSPS) is 10.8. The molecule has 0 aliphatic carbocycles. The molecule has 0 unspecified atom stereocenters. The zero-order chi connectivity index (χ0) is 14.4. The Kier molecular flexibility index (Phi) is 5.13. The number of aryl methyl sites for hydroxylation is 1. The van der Waals surface area contributed by atoms with Gasteiger partial charge in [-0.15, -0.1) is 0 Å². The van der Waals surface area contributed by atoms with Crippen molar-refractivity contribution in [3.05, 3.63) is 53.9 Å². The van der Waals surface area contributed by atoms with E-state index in [1.165, 1.54) is 5.56 Å². The largest absolute Gasteiger partial charge is 0.457 e. The number of aromatic nitrogens is 1. The molecule has 0 saturated heterocycles. The molecule has 0 aliphatic rings. The standard InChI is InChI=1S/C17H22N2O/c1-4-14-5-7-16(8-6-14)20-17-9-10-18-11-15(17)12-19-13(2)3/h5-11,13,19H,4,12H2,1-3H3. The van der Waals surface area contributed by atoms with Gasteiger partial charge in [-0.05, 0) is 30.2 Å². The van der Waals surface area contributed by atoms with E-state index in [0.29, 0.717) is 6.04 Å². The van der Waals surface area contributed by atoms with E-state index in [4.69, 9.17) is 4.74 Å². The van der Waals surface area contributed by atoms with Gasteiger partial charge in [-0.2, -0.15) is 0 Å². The highest BCUT2D eigenvalue weighted by Crippen LogP contribution is 2.25. The van der Waals surface area contributed by atoms with E-state index in [-0.39, 0.29) is 0 Å². The van der Waals surface area contributed by atoms with Gasteiger partial charge in [0.25, 0.3) is 0 Å². The number of nitrogens with one attached hydrogen (secondary N) is 1. The second-order valence-corrected chi connectivity index (χ2v) is 5.12. The number of benzene rings is 1. The van der Waals surface area contributed by atoms with Crippen LogP contribution in [0, 0.1) is 0 Å². The van der Waals surface area contributed by atoms with E-state index < -0.39 is 0 Å². The lowest BCUT2D eigenvalue weighted by Gasteiger charge is -2.13. The molecule has 1 aromatic heterocycles. The lowest BCUT2D eigenvalue weighted by Crippen LogP contribution is -2.22. The fraction of sp³-hybridized carbons (Fsp3) is 0.353. The Morgan fingerprint density at radius 2 is 1.90 bits per heavy atom. The lowest BCUT2D eigenvalue weighted by atomic mass is 10.2. The van der Waals surface area contributed by atoms with Gasteiger partial charge in [0.15, 0.2) is 0 Å². The van der Waals surface area contributed by atoms with E-state index in [1.54, 1.807) is 6.20 Å². The summed E-state index contributed by atoms with van der Waals surface area (Å²) in [6.07, 6.45) is 4.65. The predicted molar refractivity (Wildman–Crippen MR) is 82.1 cm³/mol. The van der Waals surface area contributed by atoms with E-state index in [0.717, 1.165) is 30.0 Å². The summed E-state index contributed by atoms with van der Waals surface area (Å²) in [5, 5.41) is 3.39. The van der Waals surface area contributed by atoms with Crippen LogP contribution in [0.2, 0.25) is 0 Å². The van der Waals surface area contributed by atoms with E-state index in [1.807, 2.05) is 24.4 Å². The summed E-state index contributed by atoms with van der Waals surface area (Å²) in [4.78, 5) is 4.17. The molecule has 2 rings (SSSR count). The zero-order valence-electron chi connectivity index (χ0n) is 12.4. The van der Waals surface area contributed by atoms with Gasteiger partial charge >= 0.3 is 0 Å². The van der Waals surface area contributed by atoms with Crippen LogP contribution in [0.25, 0.3) is 0 Å². The van der Waals surface area contributed by atoms with Crippen molar-refractivity contribution in [2.45, 2.75) is 39.8 Å². The van der Waals surface area contributed by atoms with Crippen molar-refractivity contribution >= 4 is 0 Å². The van der Waals surface area contributed by atoms with Crippen molar-refractivity contribution in [3.8, 4) is 11.5 Å². The molecule has 1 aromatic carbocycles. The van der Waals surface area contributed by atoms with Crippen LogP contribution < -0.4 is 10.1 Å². The van der Waals surface area contributed by atoms with E-state index >= 15 is 0 Å². The smallest absolute Gasteiger partial charge is 0.134 e. The highest BCUT2D eigenvalue weighted by molar-refractivity contribution is 5.36. The second kappa shape index (κ2) is 7.06. The molecule has 0 aliphatic heterocycles. The average Bonchev–Trinajstić information content (AvgIpc) is 2.47. The minimum Gasteiger partial charge on any atom is -0.457 e. The molecule has 0 amide bonds. The molecular formula is C17H22N2O. The number of hydrogen-bond donors (Lipinski definition) is 1. The minimum atomic E-state index is 0.437. The summed E-state index contributed by atoms with van der Waals surface area (Å²) in [6, 6.07) is 10.6. The first-order valence-electron chi connectivity index (χ1n) is 7.12. The quantitative estimate of drug-likeness (QED) is 0.863. The predicted octanol–water partition coefficient (Wildman–Crippen LogP) is 3.93. The molecule has 0 atom stereocenters. The first kappa shape index (κ1) is 14.5. The van der Waals surface area contributed by atoms with Gasteiger partial charge in [0, 0.05) is 30.5 Å². The maximum absolute atomic E-state index is 5.96. The Balaban J connectivity index is 2.11. The molecule has 3 nitrogen and oxygen atoms in total. The fourth-order valence-electron chi connectivity index (χ4n) is 1.88. The summed E-state index contributed by atoms with van der Waals surface area (Å²) in [7, 11) is 0. The monoisotopic (exact) mass is 270 g/mol. The molecule has 20 heavy (non-hydrogen) atoms. The minimum absolute atomic E-state index is 0.437. The van der Waals surface area contributed by atoms with Crippen LogP contribution in [-0.4, -0.2) is 11.0 Å². The molecule has 0 bridgehead atoms. The number of ether oxygens (including phenoxy) is 1. The van der Waals surface area contributed by atoms with Gasteiger partial charge < -0.3 is 10.1 Å². The average molecular weight is 270 g/mol. The maximum atomic E-state index is 5.96. The van der Waals surface area contributed by atoms with Crippen LogP contribution in [0.1, 0.15) is 31.9 Å². The van der Waals surface area contributed by atoms with Gasteiger partial charge in [0.05, 0.1) is 0 Å². The third kappa shape index (κ3) is 4.07. The Morgan fingerprint density at radius 3 is 2.55 bits per heavy atom. The summed E-state index contributed by atoms with van der Waals surface area (Å²) in [5.41, 5.74) is 2.38. The van der Waals surface area contributed by atoms with Crippen molar-refractivity contribution in [2.75, 3.05) is 0 Å². The molecule has 2 aromatic rings. The summed E-state index contributed by atoms with van der Waals surface area (Å²) < 4.78 is 5.96. The van der Waals surface area contributed by atoms with Gasteiger partial charge in [0.1, 0.15) is 11.5 Å². The number of hydrogen-bond acceptors (Lipinski definition) is 3. The number of pyridine rings is 1. The zero-order valence-corrected chi connectivity index (χ0v) is 12.4. The highest BCUT2D eigenvalue weighted by Gasteiger charge is 2.05. The van der Waals surface area contributed by atoms with E-state index in [2.05, 4.69) is 43.2 Å². The first-order valence-corrected chi connectivity index (χ1v) is 7.12. The van der Waals surface area contributed by atoms with Crippen molar-refractivity contribution in [1.29, 1.82) is 0 Å². The third-order valence-electron chi connectivity index (χ3n) is 3.12. The van der Waals surface area contributed by atoms with Crippen LogP contribution in [0.3, 0.4) is 0 Å². The van der Waals surface area contributed by atoms with Crippen molar-refractivity contribution in [1.82, 2.24) is 10.3 Å². The SMILES string of the molecule is CCc1ccc(Oc2ccncc2CNC(C)C)cc1. The lowest BCUT2D eigenvalue weighted by molar-refractivity contribution is 0.468. The summed E-state index contributed by atoms with van der Waals surface area (Å²) in [6.45, 7) is 7.16. The Morgan fingerprint density at radius 1 is 1.15 bits per heavy atom. The molecule has 3 heteroatoms. The number of nitrogens with zero attached hydrogens (tertiary/aromatic N) is 1. The van der Waals surface area contributed by atoms with Crippen LogP contribution >= 0.6 is 0 Å². The van der Waals surface area contributed by atoms with Gasteiger partial charge in [0.2, 0.25) is 0 Å². The molecule has 0 saturated carbocycles. The van der Waals surface area contributed by atoms with Gasteiger partial charge in [-0.3, -0.25) is 4.98 Å². The first-order chi connectivity index (χ1) is 9.69. The second-order valence-electron chi connectivity index (χ2n) is 5.12. The molecule has 0 fully saturated rings. The van der Waals surface area contributed by atoms with Gasteiger partial charge in [-0.1, -0.05) is 32.9 Å². The molecule has 0 radical (unpaired) electrons. The van der Waals surface area contributed by atoms with Crippen molar-refractivity contribution in [3.63, 3.8) is 0 Å². The van der Waals surface area contributed by atoms with Gasteiger partial charge in [-0.25, -0.2) is 0 Å². The van der Waals surface area contributed by atoms with Crippen LogP contribution in [0.15, 0.2) is 42.7 Å². The Hall–Kier alpha value is -1.87. The Labute approximate surface area is 121 Å². The topological polar surface area (TPSA) is 34.1 Å². The van der Waals surface area contributed by atoms with E-state index in [9.17, 15) is 0 Å². The van der Waals surface area contributed by atoms with Crippen LogP contribution in [0.5, 0.6) is 11.5 Å². The van der Waals surface area contributed by atoms with Crippen LogP contribution in [0.4, 0.5) is 0 Å². The maximum Gasteiger partial charge on any atom is 0.134 e. The third-order valence-corrected chi connectivity index (χ3v) is 3.12. The summed E-state index contributed by atoms with van der Waals surface area (Å²) >= 11 is 0.